The van der Waals surface area contributed by atoms with E-state index in [9.17, 15) is 4.39 Å². The van der Waals surface area contributed by atoms with E-state index in [1.54, 1.807) is 25.3 Å². The summed E-state index contributed by atoms with van der Waals surface area (Å²) in [4.78, 5) is 8.31. The molecule has 0 atom stereocenters. The first-order valence-electron chi connectivity index (χ1n) is 6.86. The van der Waals surface area contributed by atoms with Crippen LogP contribution in [0.25, 0.3) is 0 Å². The number of hydrogen-bond acceptors (Lipinski definition) is 5. The number of rotatable bonds is 7. The van der Waals surface area contributed by atoms with Crippen molar-refractivity contribution in [1.29, 1.82) is 0 Å². The third kappa shape index (κ3) is 3.81. The van der Waals surface area contributed by atoms with Crippen molar-refractivity contribution in [1.82, 2.24) is 9.97 Å². The van der Waals surface area contributed by atoms with Gasteiger partial charge in [0.15, 0.2) is 11.6 Å². The number of anilines is 2. The van der Waals surface area contributed by atoms with Crippen molar-refractivity contribution in [2.24, 2.45) is 0 Å². The van der Waals surface area contributed by atoms with Crippen LogP contribution in [0, 0.1) is 5.82 Å². The van der Waals surface area contributed by atoms with Gasteiger partial charge >= 0.3 is 0 Å². The van der Waals surface area contributed by atoms with E-state index in [-0.39, 0.29) is 5.82 Å². The summed E-state index contributed by atoms with van der Waals surface area (Å²) in [5.41, 5.74) is 0.571. The molecule has 112 valence electrons. The molecule has 1 aromatic heterocycles. The summed E-state index contributed by atoms with van der Waals surface area (Å²) in [6, 6.07) is 6.62. The van der Waals surface area contributed by atoms with Gasteiger partial charge in [-0.2, -0.15) is 0 Å². The highest BCUT2D eigenvalue weighted by atomic mass is 19.1. The maximum atomic E-state index is 13.6. The molecule has 5 nitrogen and oxygen atoms in total. The molecule has 0 aliphatic heterocycles. The molecule has 0 aliphatic carbocycles. The lowest BCUT2D eigenvalue weighted by molar-refractivity contribution is 0.414. The van der Waals surface area contributed by atoms with Gasteiger partial charge in [-0.15, -0.1) is 0 Å². The van der Waals surface area contributed by atoms with E-state index in [0.29, 0.717) is 29.5 Å². The molecule has 1 aromatic carbocycles. The van der Waals surface area contributed by atoms with Crippen LogP contribution in [-0.2, 0) is 6.54 Å². The van der Waals surface area contributed by atoms with Crippen LogP contribution >= 0.6 is 0 Å². The highest BCUT2D eigenvalue weighted by Gasteiger charge is 2.12. The van der Waals surface area contributed by atoms with Crippen molar-refractivity contribution in [2.75, 3.05) is 24.3 Å². The molecule has 6 heteroatoms. The molecule has 2 rings (SSSR count). The van der Waals surface area contributed by atoms with Crippen molar-refractivity contribution in [3.05, 3.63) is 42.0 Å². The molecule has 1 heterocycles. The van der Waals surface area contributed by atoms with Gasteiger partial charge in [0.1, 0.15) is 12.1 Å². The second kappa shape index (κ2) is 7.42. The van der Waals surface area contributed by atoms with Crippen LogP contribution in [0.3, 0.4) is 0 Å². The van der Waals surface area contributed by atoms with Crippen molar-refractivity contribution in [3.63, 3.8) is 0 Å². The molecule has 0 unspecified atom stereocenters. The van der Waals surface area contributed by atoms with Gasteiger partial charge in [0.05, 0.1) is 7.11 Å². The molecule has 0 bridgehead atoms. The van der Waals surface area contributed by atoms with Gasteiger partial charge in [0.2, 0.25) is 5.75 Å². The van der Waals surface area contributed by atoms with Crippen LogP contribution in [0.1, 0.15) is 18.9 Å². The third-order valence-corrected chi connectivity index (χ3v) is 2.95. The van der Waals surface area contributed by atoms with Gasteiger partial charge in [-0.3, -0.25) is 0 Å². The SMILES string of the molecule is CCCNc1ncnc(NCc2ccccc2F)c1OC. The second-order valence-electron chi connectivity index (χ2n) is 4.48. The number of halogens is 1. The molecule has 0 radical (unpaired) electrons. The monoisotopic (exact) mass is 290 g/mol. The Morgan fingerprint density at radius 3 is 2.52 bits per heavy atom. The minimum Gasteiger partial charge on any atom is -0.490 e. The van der Waals surface area contributed by atoms with Crippen LogP contribution in [0.4, 0.5) is 16.0 Å². The normalized spacial score (nSPS) is 10.2. The Kier molecular flexibility index (Phi) is 5.31. The van der Waals surface area contributed by atoms with Crippen LogP contribution in [-0.4, -0.2) is 23.6 Å². The zero-order valence-electron chi connectivity index (χ0n) is 12.2. The fourth-order valence-corrected chi connectivity index (χ4v) is 1.88. The first kappa shape index (κ1) is 15.0. The second-order valence-corrected chi connectivity index (χ2v) is 4.48. The number of nitrogens with one attached hydrogen (secondary N) is 2. The lowest BCUT2D eigenvalue weighted by Crippen LogP contribution is -2.09. The lowest BCUT2D eigenvalue weighted by Gasteiger charge is -2.14. The average Bonchev–Trinajstić information content (AvgIpc) is 2.52. The van der Waals surface area contributed by atoms with Gasteiger partial charge in [-0.25, -0.2) is 14.4 Å². The summed E-state index contributed by atoms with van der Waals surface area (Å²) >= 11 is 0. The topological polar surface area (TPSA) is 59.1 Å². The van der Waals surface area contributed by atoms with Crippen molar-refractivity contribution < 1.29 is 9.13 Å². The van der Waals surface area contributed by atoms with E-state index in [1.165, 1.54) is 12.4 Å². The summed E-state index contributed by atoms with van der Waals surface area (Å²) in [5, 5.41) is 6.26. The van der Waals surface area contributed by atoms with Crippen LogP contribution in [0.5, 0.6) is 5.75 Å². The number of aromatic nitrogens is 2. The summed E-state index contributed by atoms with van der Waals surface area (Å²) in [5.74, 6) is 1.45. The van der Waals surface area contributed by atoms with Gasteiger partial charge in [0.25, 0.3) is 0 Å². The first-order valence-corrected chi connectivity index (χ1v) is 6.86. The largest absolute Gasteiger partial charge is 0.490 e. The molecule has 0 spiro atoms. The Hall–Kier alpha value is -2.37. The summed E-state index contributed by atoms with van der Waals surface area (Å²) in [6.07, 6.45) is 2.43. The Morgan fingerprint density at radius 2 is 1.86 bits per heavy atom. The quantitative estimate of drug-likeness (QED) is 0.820. The van der Waals surface area contributed by atoms with E-state index in [2.05, 4.69) is 27.5 Å². The zero-order chi connectivity index (χ0) is 15.1. The summed E-state index contributed by atoms with van der Waals surface area (Å²) in [6.45, 7) is 3.19. The van der Waals surface area contributed by atoms with E-state index in [0.717, 1.165) is 13.0 Å². The van der Waals surface area contributed by atoms with E-state index >= 15 is 0 Å². The molecule has 21 heavy (non-hydrogen) atoms. The fourth-order valence-electron chi connectivity index (χ4n) is 1.88. The Bertz CT molecular complexity index is 592. The highest BCUT2D eigenvalue weighted by Crippen LogP contribution is 2.29. The number of nitrogens with zero attached hydrogens (tertiary/aromatic N) is 2. The number of ether oxygens (including phenoxy) is 1. The molecule has 0 fully saturated rings. The standard InChI is InChI=1S/C15H19FN4O/c1-3-8-17-14-13(21-2)15(20-10-19-14)18-9-11-6-4-5-7-12(11)16/h4-7,10H,3,8-9H2,1-2H3,(H2,17,18,19,20). The summed E-state index contributed by atoms with van der Waals surface area (Å²) in [7, 11) is 1.56. The molecular weight excluding hydrogens is 271 g/mol. The number of hydrogen-bond donors (Lipinski definition) is 2. The lowest BCUT2D eigenvalue weighted by atomic mass is 10.2. The molecule has 0 aliphatic rings. The molecule has 0 amide bonds. The van der Waals surface area contributed by atoms with Crippen molar-refractivity contribution >= 4 is 11.6 Å². The van der Waals surface area contributed by atoms with Crippen LogP contribution in [0.15, 0.2) is 30.6 Å². The zero-order valence-corrected chi connectivity index (χ0v) is 12.2. The minimum atomic E-state index is -0.248. The molecule has 0 saturated carbocycles. The fraction of sp³-hybridized carbons (Fsp3) is 0.333. The third-order valence-electron chi connectivity index (χ3n) is 2.95. The van der Waals surface area contributed by atoms with Crippen LogP contribution in [0.2, 0.25) is 0 Å². The van der Waals surface area contributed by atoms with Gasteiger partial charge in [-0.05, 0) is 12.5 Å². The van der Waals surface area contributed by atoms with Crippen molar-refractivity contribution in [3.8, 4) is 5.75 Å². The first-order chi connectivity index (χ1) is 10.3. The highest BCUT2D eigenvalue weighted by molar-refractivity contribution is 5.63. The Balaban J connectivity index is 2.14. The van der Waals surface area contributed by atoms with E-state index in [1.807, 2.05) is 0 Å². The maximum absolute atomic E-state index is 13.6. The summed E-state index contributed by atoms with van der Waals surface area (Å²) < 4.78 is 19.0. The van der Waals surface area contributed by atoms with Crippen molar-refractivity contribution in [2.45, 2.75) is 19.9 Å². The van der Waals surface area contributed by atoms with E-state index in [4.69, 9.17) is 4.74 Å². The molecule has 2 aromatic rings. The number of methoxy groups -OCH3 is 1. The van der Waals surface area contributed by atoms with E-state index < -0.39 is 0 Å². The minimum absolute atomic E-state index is 0.248. The molecular formula is C15H19FN4O. The average molecular weight is 290 g/mol. The maximum Gasteiger partial charge on any atom is 0.204 e. The Labute approximate surface area is 123 Å². The predicted octanol–water partition coefficient (Wildman–Crippen LogP) is 3.06. The smallest absolute Gasteiger partial charge is 0.204 e. The van der Waals surface area contributed by atoms with Gasteiger partial charge in [-0.1, -0.05) is 25.1 Å². The van der Waals surface area contributed by atoms with Gasteiger partial charge in [0, 0.05) is 18.7 Å². The van der Waals surface area contributed by atoms with Crippen LogP contribution < -0.4 is 15.4 Å². The number of benzene rings is 1. The van der Waals surface area contributed by atoms with Gasteiger partial charge < -0.3 is 15.4 Å². The Morgan fingerprint density at radius 1 is 1.14 bits per heavy atom. The molecule has 2 N–H and O–H groups in total. The predicted molar refractivity (Wildman–Crippen MR) is 81.1 cm³/mol. The molecule has 0 saturated heterocycles.